The number of hydrogen-bond donors (Lipinski definition) is 3. The molecule has 0 aliphatic heterocycles. The van der Waals surface area contributed by atoms with Crippen molar-refractivity contribution in [2.75, 3.05) is 0 Å². The second-order valence-electron chi connectivity index (χ2n) is 6.33. The van der Waals surface area contributed by atoms with Gasteiger partial charge in [-0.1, -0.05) is 42.5 Å². The quantitative estimate of drug-likeness (QED) is 0.378. The van der Waals surface area contributed by atoms with Gasteiger partial charge in [-0.2, -0.15) is 5.10 Å². The van der Waals surface area contributed by atoms with Crippen LogP contribution < -0.4 is 11.2 Å². The summed E-state index contributed by atoms with van der Waals surface area (Å²) in [6, 6.07) is 16.9. The molecule has 4 aromatic rings. The van der Waals surface area contributed by atoms with Gasteiger partial charge < -0.3 is 10.7 Å². The minimum Gasteiger partial charge on any atom is -0.361 e. The summed E-state index contributed by atoms with van der Waals surface area (Å²) < 4.78 is 0. The Morgan fingerprint density at radius 2 is 2.04 bits per heavy atom. The van der Waals surface area contributed by atoms with E-state index in [9.17, 15) is 4.79 Å². The summed E-state index contributed by atoms with van der Waals surface area (Å²) in [6.45, 7) is 0. The molecule has 1 amide bonds. The van der Waals surface area contributed by atoms with Crippen LogP contribution in [-0.4, -0.2) is 28.1 Å². The number of amides is 1. The average molecular weight is 357 g/mol. The highest BCUT2D eigenvalue weighted by molar-refractivity contribution is 5.97. The van der Waals surface area contributed by atoms with Crippen molar-refractivity contribution in [3.05, 3.63) is 78.1 Å². The van der Waals surface area contributed by atoms with Crippen molar-refractivity contribution in [1.82, 2.24) is 15.4 Å². The minimum absolute atomic E-state index is 0.329. The number of nitrogens with zero attached hydrogens (tertiary/aromatic N) is 2. The van der Waals surface area contributed by atoms with E-state index in [1.54, 1.807) is 12.4 Å². The van der Waals surface area contributed by atoms with Gasteiger partial charge in [-0.15, -0.1) is 0 Å². The van der Waals surface area contributed by atoms with Gasteiger partial charge in [0.15, 0.2) is 0 Å². The monoisotopic (exact) mass is 357 g/mol. The first-order chi connectivity index (χ1) is 13.2. The molecule has 0 saturated carbocycles. The standard InChI is InChI=1S/C21H19N5O/c22-18(11-16-12-24-19-9-2-1-8-17(16)19)21(27)26-25-13-15-6-3-5-14-7-4-10-23-20(14)15/h1-10,12-13,18,24H,11,22H2,(H,26,27)/b25-13-/t18-/m0/s1. The van der Waals surface area contributed by atoms with Crippen molar-refractivity contribution in [3.8, 4) is 0 Å². The Labute approximate surface area is 156 Å². The molecular weight excluding hydrogens is 338 g/mol. The van der Waals surface area contributed by atoms with Gasteiger partial charge in [0.05, 0.1) is 17.8 Å². The number of carbonyl (C=O) groups is 1. The molecule has 0 spiro atoms. The summed E-state index contributed by atoms with van der Waals surface area (Å²) in [6.07, 6.45) is 5.64. The number of aromatic amines is 1. The maximum absolute atomic E-state index is 12.3. The lowest BCUT2D eigenvalue weighted by atomic mass is 10.1. The van der Waals surface area contributed by atoms with E-state index in [1.807, 2.05) is 60.8 Å². The molecule has 6 heteroatoms. The number of H-pyrrole nitrogens is 1. The summed E-state index contributed by atoms with van der Waals surface area (Å²) in [5.74, 6) is -0.329. The van der Waals surface area contributed by atoms with Gasteiger partial charge in [-0.25, -0.2) is 5.43 Å². The molecule has 0 saturated heterocycles. The van der Waals surface area contributed by atoms with Crippen LogP contribution in [0.4, 0.5) is 0 Å². The van der Waals surface area contributed by atoms with Crippen molar-refractivity contribution in [3.63, 3.8) is 0 Å². The van der Waals surface area contributed by atoms with Crippen molar-refractivity contribution in [1.29, 1.82) is 0 Å². The second-order valence-corrected chi connectivity index (χ2v) is 6.33. The number of pyridine rings is 1. The Morgan fingerprint density at radius 1 is 1.19 bits per heavy atom. The smallest absolute Gasteiger partial charge is 0.257 e. The van der Waals surface area contributed by atoms with Gasteiger partial charge in [-0.3, -0.25) is 9.78 Å². The molecule has 0 aliphatic carbocycles. The predicted octanol–water partition coefficient (Wildman–Crippen LogP) is 2.74. The zero-order chi connectivity index (χ0) is 18.6. The summed E-state index contributed by atoms with van der Waals surface area (Å²) in [5.41, 5.74) is 12.3. The maximum atomic E-state index is 12.3. The molecule has 0 fully saturated rings. The zero-order valence-electron chi connectivity index (χ0n) is 14.6. The van der Waals surface area contributed by atoms with Crippen LogP contribution in [0.1, 0.15) is 11.1 Å². The van der Waals surface area contributed by atoms with Gasteiger partial charge in [0.2, 0.25) is 0 Å². The first-order valence-corrected chi connectivity index (χ1v) is 8.69. The first kappa shape index (κ1) is 16.9. The van der Waals surface area contributed by atoms with Crippen LogP contribution >= 0.6 is 0 Å². The topological polar surface area (TPSA) is 96.2 Å². The molecule has 2 heterocycles. The van der Waals surface area contributed by atoms with Gasteiger partial charge in [0.1, 0.15) is 0 Å². The van der Waals surface area contributed by atoms with E-state index in [0.29, 0.717) is 6.42 Å². The van der Waals surface area contributed by atoms with Gasteiger partial charge >= 0.3 is 0 Å². The maximum Gasteiger partial charge on any atom is 0.257 e. The third-order valence-electron chi connectivity index (χ3n) is 4.49. The summed E-state index contributed by atoms with van der Waals surface area (Å²) in [4.78, 5) is 19.8. The van der Waals surface area contributed by atoms with E-state index in [0.717, 1.165) is 32.9 Å². The molecule has 1 atom stereocenters. The normalized spacial score (nSPS) is 12.6. The SMILES string of the molecule is N[C@@H](Cc1c[nH]c2ccccc12)C(=O)N/N=C\c1cccc2cccnc12. The molecule has 0 unspecified atom stereocenters. The lowest BCUT2D eigenvalue weighted by Crippen LogP contribution is -2.39. The molecule has 0 radical (unpaired) electrons. The Bertz CT molecular complexity index is 1130. The van der Waals surface area contributed by atoms with E-state index in [1.165, 1.54) is 0 Å². The Hall–Kier alpha value is -3.51. The predicted molar refractivity (Wildman–Crippen MR) is 107 cm³/mol. The van der Waals surface area contributed by atoms with E-state index < -0.39 is 6.04 Å². The van der Waals surface area contributed by atoms with Crippen LogP contribution in [0, 0.1) is 0 Å². The summed E-state index contributed by atoms with van der Waals surface area (Å²) in [5, 5.41) is 6.14. The van der Waals surface area contributed by atoms with Crippen LogP contribution in [-0.2, 0) is 11.2 Å². The highest BCUT2D eigenvalue weighted by Crippen LogP contribution is 2.18. The summed E-state index contributed by atoms with van der Waals surface area (Å²) >= 11 is 0. The number of hydrogen-bond acceptors (Lipinski definition) is 4. The van der Waals surface area contributed by atoms with Crippen molar-refractivity contribution in [2.24, 2.45) is 10.8 Å². The van der Waals surface area contributed by atoms with Gasteiger partial charge in [0.25, 0.3) is 5.91 Å². The van der Waals surface area contributed by atoms with Gasteiger partial charge in [0, 0.05) is 34.2 Å². The number of carbonyl (C=O) groups excluding carboxylic acids is 1. The molecule has 2 aromatic carbocycles. The van der Waals surface area contributed by atoms with E-state index in [2.05, 4.69) is 20.5 Å². The van der Waals surface area contributed by atoms with E-state index in [4.69, 9.17) is 5.73 Å². The fourth-order valence-electron chi connectivity index (χ4n) is 3.11. The van der Waals surface area contributed by atoms with Crippen LogP contribution in [0.5, 0.6) is 0 Å². The third-order valence-corrected chi connectivity index (χ3v) is 4.49. The van der Waals surface area contributed by atoms with Gasteiger partial charge in [-0.05, 0) is 24.1 Å². The number of hydrazone groups is 1. The van der Waals surface area contributed by atoms with Crippen LogP contribution in [0.3, 0.4) is 0 Å². The number of nitrogens with one attached hydrogen (secondary N) is 2. The molecule has 4 N–H and O–H groups in total. The third kappa shape index (κ3) is 3.56. The molecular formula is C21H19N5O. The van der Waals surface area contributed by atoms with E-state index in [-0.39, 0.29) is 5.91 Å². The fourth-order valence-corrected chi connectivity index (χ4v) is 3.11. The van der Waals surface area contributed by atoms with Crippen molar-refractivity contribution in [2.45, 2.75) is 12.5 Å². The number of para-hydroxylation sites is 2. The number of aromatic nitrogens is 2. The number of fused-ring (bicyclic) bond motifs is 2. The Kier molecular flexibility index (Phi) is 4.63. The Morgan fingerprint density at radius 3 is 2.96 bits per heavy atom. The molecule has 134 valence electrons. The molecule has 4 rings (SSSR count). The summed E-state index contributed by atoms with van der Waals surface area (Å²) in [7, 11) is 0. The highest BCUT2D eigenvalue weighted by Gasteiger charge is 2.15. The lowest BCUT2D eigenvalue weighted by Gasteiger charge is -2.09. The van der Waals surface area contributed by atoms with Crippen LogP contribution in [0.2, 0.25) is 0 Å². The number of nitrogens with two attached hydrogens (primary N) is 1. The molecule has 0 aliphatic rings. The van der Waals surface area contributed by atoms with Crippen molar-refractivity contribution >= 4 is 33.9 Å². The number of rotatable bonds is 5. The zero-order valence-corrected chi connectivity index (χ0v) is 14.6. The molecule has 0 bridgehead atoms. The average Bonchev–Trinajstić information content (AvgIpc) is 3.11. The molecule has 2 aromatic heterocycles. The fraction of sp³-hybridized carbons (Fsp3) is 0.0952. The lowest BCUT2D eigenvalue weighted by molar-refractivity contribution is -0.122. The van der Waals surface area contributed by atoms with Crippen LogP contribution in [0.15, 0.2) is 72.1 Å². The number of benzene rings is 2. The van der Waals surface area contributed by atoms with E-state index >= 15 is 0 Å². The van der Waals surface area contributed by atoms with Crippen molar-refractivity contribution < 1.29 is 4.79 Å². The molecule has 6 nitrogen and oxygen atoms in total. The highest BCUT2D eigenvalue weighted by atomic mass is 16.2. The first-order valence-electron chi connectivity index (χ1n) is 8.69. The Balaban J connectivity index is 1.43. The second kappa shape index (κ2) is 7.39. The largest absolute Gasteiger partial charge is 0.361 e. The molecule has 27 heavy (non-hydrogen) atoms. The van der Waals surface area contributed by atoms with Crippen LogP contribution in [0.25, 0.3) is 21.8 Å². The minimum atomic E-state index is -0.688.